The molecule has 1 atom stereocenters. The van der Waals surface area contributed by atoms with Crippen molar-refractivity contribution in [2.45, 2.75) is 145 Å². The van der Waals surface area contributed by atoms with Crippen LogP contribution in [0.5, 0.6) is 0 Å². The number of halogens is 3. The highest BCUT2D eigenvalue weighted by molar-refractivity contribution is 5.74. The summed E-state index contributed by atoms with van der Waals surface area (Å²) in [6.07, 6.45) is 7.21. The fraction of sp³-hybridized carbons (Fsp3) is 0.348. The summed E-state index contributed by atoms with van der Waals surface area (Å²) in [6.45, 7) is 19.2. The first kappa shape index (κ1) is 69.3. The van der Waals surface area contributed by atoms with Crippen LogP contribution in [0.15, 0.2) is 249 Å². The maximum absolute atomic E-state index is 14.7. The lowest BCUT2D eigenvalue weighted by atomic mass is 9.67. The molecule has 0 aromatic heterocycles. The van der Waals surface area contributed by atoms with Gasteiger partial charge in [-0.2, -0.15) is 13.2 Å². The fourth-order valence-electron chi connectivity index (χ4n) is 17.1. The molecule has 0 radical (unpaired) electrons. The maximum atomic E-state index is 14.7. The predicted octanol–water partition coefficient (Wildman–Crippen LogP) is 22.4. The lowest BCUT2D eigenvalue weighted by molar-refractivity contribution is -0.915. The number of nitrogens with one attached hydrogen (secondary N) is 1. The summed E-state index contributed by atoms with van der Waals surface area (Å²) in [4.78, 5) is 0. The van der Waals surface area contributed by atoms with Gasteiger partial charge in [0.1, 0.15) is 5.41 Å². The van der Waals surface area contributed by atoms with Crippen molar-refractivity contribution in [1.29, 1.82) is 0 Å². The maximum Gasteiger partial charge on any atom is 0.402 e. The van der Waals surface area contributed by atoms with E-state index in [1.165, 1.54) is 105 Å². The average Bonchev–Trinajstić information content (AvgIpc) is 0.765. The van der Waals surface area contributed by atoms with E-state index in [4.69, 9.17) is 4.74 Å². The first-order valence-electron chi connectivity index (χ1n) is 36.5. The lowest BCUT2D eigenvalue weighted by Crippen LogP contribution is -2.59. The molecule has 0 aliphatic carbocycles. The van der Waals surface area contributed by atoms with Gasteiger partial charge in [-0.25, -0.2) is 0 Å². The van der Waals surface area contributed by atoms with Crippen LogP contribution in [-0.2, 0) is 21.0 Å². The summed E-state index contributed by atoms with van der Waals surface area (Å²) in [6, 6.07) is 88.3. The standard InChI is InChI=1S/C92H102F3N3O/c1-67-19-21-68(22-20-67)69-23-25-71(26-24-69)78-41-51-84(52-42-78)91(57-62-98(9,63-58-91)59-15-10-11-16-64-99-86-65-87(2,3)96-88(4,5)66-86)85-53-43-79(44-54-85)74-33-31-73(32-34-74)77-39-49-83(50-40-77)90(55-60-97(7,8)61-56-90)82-47-37-76(38-48-82)72-29-27-70(28-30-72)75-35-45-81(46-36-75)89(6,92(93,94)95)80-17-13-12-14-18-80/h12-14,17-54,86,96H,10-11,15-16,55-66H2,1-9H3/q+2. The molecule has 10 aromatic rings. The normalized spacial score (nSPS) is 20.4. The summed E-state index contributed by atoms with van der Waals surface area (Å²) in [5, 5.41) is 3.80. The van der Waals surface area contributed by atoms with Gasteiger partial charge >= 0.3 is 6.18 Å². The molecule has 1 N–H and O–H groups in total. The molecule has 3 aliphatic rings. The molecule has 13 rings (SSSR count). The molecule has 1 unspecified atom stereocenters. The highest BCUT2D eigenvalue weighted by atomic mass is 19.4. The Morgan fingerprint density at radius 3 is 1.02 bits per heavy atom. The summed E-state index contributed by atoms with van der Waals surface area (Å²) in [7, 11) is 7.21. The van der Waals surface area contributed by atoms with Gasteiger partial charge in [0.2, 0.25) is 0 Å². The number of likely N-dealkylation sites (tertiary alicyclic amines) is 2. The summed E-state index contributed by atoms with van der Waals surface area (Å²) < 4.78 is 52.8. The molecule has 99 heavy (non-hydrogen) atoms. The van der Waals surface area contributed by atoms with Gasteiger partial charge in [-0.1, -0.05) is 261 Å². The average molecular weight is 1320 g/mol. The molecule has 7 heteroatoms. The number of nitrogens with zero attached hydrogens (tertiary/aromatic N) is 2. The van der Waals surface area contributed by atoms with Crippen LogP contribution in [0.4, 0.5) is 13.2 Å². The van der Waals surface area contributed by atoms with Crippen molar-refractivity contribution in [2.24, 2.45) is 0 Å². The number of rotatable bonds is 20. The van der Waals surface area contributed by atoms with Crippen molar-refractivity contribution in [1.82, 2.24) is 5.32 Å². The van der Waals surface area contributed by atoms with Crippen LogP contribution in [0.3, 0.4) is 0 Å². The second-order valence-electron chi connectivity index (χ2n) is 32.0. The molecule has 3 heterocycles. The molecular formula is C92H102F3N3O+2. The van der Waals surface area contributed by atoms with E-state index in [9.17, 15) is 13.2 Å². The van der Waals surface area contributed by atoms with Gasteiger partial charge in [0.15, 0.2) is 0 Å². The number of alkyl halides is 3. The first-order valence-corrected chi connectivity index (χ1v) is 36.5. The van der Waals surface area contributed by atoms with Crippen molar-refractivity contribution in [2.75, 3.05) is 60.5 Å². The molecule has 510 valence electrons. The van der Waals surface area contributed by atoms with Gasteiger partial charge in [-0.05, 0) is 174 Å². The topological polar surface area (TPSA) is 21.3 Å². The third-order valence-corrected chi connectivity index (χ3v) is 23.4. The first-order chi connectivity index (χ1) is 47.4. The van der Waals surface area contributed by atoms with Gasteiger partial charge < -0.3 is 19.0 Å². The van der Waals surface area contributed by atoms with E-state index in [-0.39, 0.29) is 33.0 Å². The van der Waals surface area contributed by atoms with Crippen molar-refractivity contribution >= 4 is 0 Å². The van der Waals surface area contributed by atoms with Crippen molar-refractivity contribution in [3.05, 3.63) is 288 Å². The molecule has 4 nitrogen and oxygen atoms in total. The molecule has 0 spiro atoms. The second kappa shape index (κ2) is 28.1. The summed E-state index contributed by atoms with van der Waals surface area (Å²) in [5.41, 5.74) is 19.1. The summed E-state index contributed by atoms with van der Waals surface area (Å²) in [5.74, 6) is 0. The molecule has 10 aromatic carbocycles. The van der Waals surface area contributed by atoms with Gasteiger partial charge in [-0.15, -0.1) is 0 Å². The SMILES string of the molecule is Cc1ccc(-c2ccc(-c3ccc(C4(c5ccc(-c6ccc(-c7ccc(C8(c9ccc(-c%10ccc(-c%11ccc(C(C)(c%12ccccc%12)C(F)(F)F)cc%11)cc%10)cc9)CC[N+](C)(C)CC8)cc7)cc6)cc5)CC[N+](C)(CCCCCCOC5CC(C)(C)NC(C)(C)C5)CC4)cc3)cc2)cc1. The van der Waals surface area contributed by atoms with Gasteiger partial charge in [0.25, 0.3) is 0 Å². The van der Waals surface area contributed by atoms with Crippen LogP contribution >= 0.6 is 0 Å². The van der Waals surface area contributed by atoms with Gasteiger partial charge in [0, 0.05) is 54.2 Å². The molecule has 3 saturated heterocycles. The number of piperidine rings is 3. The third-order valence-electron chi connectivity index (χ3n) is 23.4. The molecule has 0 saturated carbocycles. The molecule has 3 fully saturated rings. The monoisotopic (exact) mass is 1320 g/mol. The van der Waals surface area contributed by atoms with Crippen LogP contribution in [0, 0.1) is 6.92 Å². The molecular weight excluding hydrogens is 1220 g/mol. The predicted molar refractivity (Wildman–Crippen MR) is 407 cm³/mol. The lowest BCUT2D eigenvalue weighted by Gasteiger charge is -2.47. The largest absolute Gasteiger partial charge is 0.402 e. The minimum absolute atomic E-state index is 0.0847. The Kier molecular flexibility index (Phi) is 19.7. The number of hydrogen-bond acceptors (Lipinski definition) is 2. The van der Waals surface area contributed by atoms with Crippen molar-refractivity contribution < 1.29 is 26.9 Å². The summed E-state index contributed by atoms with van der Waals surface area (Å²) >= 11 is 0. The van der Waals surface area contributed by atoms with E-state index < -0.39 is 11.6 Å². The zero-order valence-electron chi connectivity index (χ0n) is 60.0. The van der Waals surface area contributed by atoms with Gasteiger partial charge in [0.05, 0.1) is 60.0 Å². The Balaban J connectivity index is 0.681. The van der Waals surface area contributed by atoms with E-state index in [1.54, 1.807) is 42.5 Å². The van der Waals surface area contributed by atoms with E-state index in [0.29, 0.717) is 6.10 Å². The Bertz CT molecular complexity index is 4280. The van der Waals surface area contributed by atoms with Crippen molar-refractivity contribution in [3.63, 3.8) is 0 Å². The fourth-order valence-corrected chi connectivity index (χ4v) is 17.1. The van der Waals surface area contributed by atoms with Crippen LogP contribution in [0.2, 0.25) is 0 Å². The second-order valence-corrected chi connectivity index (χ2v) is 32.0. The zero-order valence-corrected chi connectivity index (χ0v) is 60.0. The molecule has 3 aliphatic heterocycles. The number of hydrogen-bond donors (Lipinski definition) is 1. The zero-order chi connectivity index (χ0) is 69.3. The number of unbranched alkanes of at least 4 members (excludes halogenated alkanes) is 3. The number of aryl methyl sites for hydroxylation is 1. The van der Waals surface area contributed by atoms with Crippen molar-refractivity contribution in [3.8, 4) is 66.8 Å². The quantitative estimate of drug-likeness (QED) is 0.0607. The smallest absolute Gasteiger partial charge is 0.378 e. The van der Waals surface area contributed by atoms with Crippen LogP contribution in [0.1, 0.15) is 138 Å². The Morgan fingerprint density at radius 1 is 0.384 bits per heavy atom. The van der Waals surface area contributed by atoms with Crippen LogP contribution in [0.25, 0.3) is 66.8 Å². The number of benzene rings is 10. The van der Waals surface area contributed by atoms with E-state index in [2.05, 4.69) is 255 Å². The number of quaternary nitrogens is 2. The molecule has 0 amide bonds. The van der Waals surface area contributed by atoms with E-state index in [0.717, 1.165) is 109 Å². The van der Waals surface area contributed by atoms with Gasteiger partial charge in [-0.3, -0.25) is 0 Å². The highest BCUT2D eigenvalue weighted by Crippen LogP contribution is 2.49. The Labute approximate surface area is 589 Å². The minimum atomic E-state index is -4.46. The third kappa shape index (κ3) is 15.2. The van der Waals surface area contributed by atoms with E-state index in [1.807, 2.05) is 12.1 Å². The Morgan fingerprint density at radius 2 is 0.677 bits per heavy atom. The highest BCUT2D eigenvalue weighted by Gasteiger charge is 2.53. The van der Waals surface area contributed by atoms with E-state index >= 15 is 0 Å². The van der Waals surface area contributed by atoms with Crippen LogP contribution in [-0.4, -0.2) is 92.8 Å². The molecule has 0 bridgehead atoms. The number of ether oxygens (including phenoxy) is 1. The minimum Gasteiger partial charge on any atom is -0.378 e. The Hall–Kier alpha value is -8.17. The van der Waals surface area contributed by atoms with Crippen LogP contribution < -0.4 is 5.32 Å².